The Morgan fingerprint density at radius 3 is 2.27 bits per heavy atom. The SMILES string of the molecule is CC(C)CC(O)c1ccc(C2CC2)cc1. The predicted molar refractivity (Wildman–Crippen MR) is 62.8 cm³/mol. The van der Waals surface area contributed by atoms with Gasteiger partial charge >= 0.3 is 0 Å². The highest BCUT2D eigenvalue weighted by molar-refractivity contribution is 5.29. The van der Waals surface area contributed by atoms with Crippen molar-refractivity contribution in [1.82, 2.24) is 0 Å². The van der Waals surface area contributed by atoms with E-state index in [1.165, 1.54) is 18.4 Å². The molecule has 1 unspecified atom stereocenters. The Morgan fingerprint density at radius 1 is 1.20 bits per heavy atom. The van der Waals surface area contributed by atoms with Crippen molar-refractivity contribution < 1.29 is 5.11 Å². The van der Waals surface area contributed by atoms with Gasteiger partial charge in [0.15, 0.2) is 0 Å². The lowest BCUT2D eigenvalue weighted by molar-refractivity contribution is 0.151. The zero-order valence-corrected chi connectivity index (χ0v) is 9.61. The van der Waals surface area contributed by atoms with Crippen LogP contribution in [-0.4, -0.2) is 5.11 Å². The van der Waals surface area contributed by atoms with E-state index < -0.39 is 0 Å². The lowest BCUT2D eigenvalue weighted by Gasteiger charge is -2.13. The summed E-state index contributed by atoms with van der Waals surface area (Å²) in [6, 6.07) is 8.52. The number of aliphatic hydroxyl groups is 1. The molecule has 2 rings (SSSR count). The number of hydrogen-bond donors (Lipinski definition) is 1. The minimum absolute atomic E-state index is 0.293. The van der Waals surface area contributed by atoms with Crippen LogP contribution in [-0.2, 0) is 0 Å². The van der Waals surface area contributed by atoms with Gasteiger partial charge in [0, 0.05) is 0 Å². The Bertz CT molecular complexity index is 309. The molecule has 1 N–H and O–H groups in total. The van der Waals surface area contributed by atoms with Crippen LogP contribution in [0, 0.1) is 5.92 Å². The van der Waals surface area contributed by atoms with E-state index >= 15 is 0 Å². The molecular weight excluding hydrogens is 184 g/mol. The van der Waals surface area contributed by atoms with Gasteiger partial charge in [-0.05, 0) is 42.2 Å². The highest BCUT2D eigenvalue weighted by Crippen LogP contribution is 2.40. The molecule has 1 aliphatic rings. The van der Waals surface area contributed by atoms with Gasteiger partial charge in [-0.15, -0.1) is 0 Å². The molecule has 0 heterocycles. The zero-order chi connectivity index (χ0) is 10.8. The first kappa shape index (κ1) is 10.7. The smallest absolute Gasteiger partial charge is 0.0792 e. The van der Waals surface area contributed by atoms with Gasteiger partial charge in [-0.2, -0.15) is 0 Å². The van der Waals surface area contributed by atoms with Crippen LogP contribution in [0.3, 0.4) is 0 Å². The Kier molecular flexibility index (Phi) is 3.11. The molecule has 82 valence electrons. The zero-order valence-electron chi connectivity index (χ0n) is 9.61. The minimum atomic E-state index is -0.293. The Balaban J connectivity index is 2.02. The maximum atomic E-state index is 9.94. The minimum Gasteiger partial charge on any atom is -0.388 e. The number of aliphatic hydroxyl groups excluding tert-OH is 1. The number of hydrogen-bond acceptors (Lipinski definition) is 1. The Hall–Kier alpha value is -0.820. The van der Waals surface area contributed by atoms with Crippen LogP contribution < -0.4 is 0 Å². The molecule has 1 fully saturated rings. The molecule has 1 aromatic rings. The van der Waals surface area contributed by atoms with Gasteiger partial charge in [0.2, 0.25) is 0 Å². The number of benzene rings is 1. The first-order valence-electron chi connectivity index (χ1n) is 5.94. The van der Waals surface area contributed by atoms with E-state index in [4.69, 9.17) is 0 Å². The van der Waals surface area contributed by atoms with Gasteiger partial charge in [0.1, 0.15) is 0 Å². The molecule has 1 saturated carbocycles. The highest BCUT2D eigenvalue weighted by atomic mass is 16.3. The largest absolute Gasteiger partial charge is 0.388 e. The van der Waals surface area contributed by atoms with Crippen LogP contribution in [0.1, 0.15) is 56.3 Å². The Morgan fingerprint density at radius 2 is 1.80 bits per heavy atom. The number of rotatable bonds is 4. The van der Waals surface area contributed by atoms with Crippen molar-refractivity contribution in [1.29, 1.82) is 0 Å². The Labute approximate surface area is 92.1 Å². The molecule has 0 aliphatic heterocycles. The summed E-state index contributed by atoms with van der Waals surface area (Å²) >= 11 is 0. The third-order valence-corrected chi connectivity index (χ3v) is 3.06. The molecule has 0 bridgehead atoms. The highest BCUT2D eigenvalue weighted by Gasteiger charge is 2.23. The van der Waals surface area contributed by atoms with E-state index in [2.05, 4.69) is 38.1 Å². The molecule has 1 atom stereocenters. The average molecular weight is 204 g/mol. The summed E-state index contributed by atoms with van der Waals surface area (Å²) in [7, 11) is 0. The van der Waals surface area contributed by atoms with Gasteiger partial charge in [0.25, 0.3) is 0 Å². The van der Waals surface area contributed by atoms with E-state index in [9.17, 15) is 5.11 Å². The van der Waals surface area contributed by atoms with Crippen molar-refractivity contribution in [3.63, 3.8) is 0 Å². The molecule has 0 amide bonds. The molecule has 0 spiro atoms. The third-order valence-electron chi connectivity index (χ3n) is 3.06. The summed E-state index contributed by atoms with van der Waals surface area (Å²) in [5, 5.41) is 9.94. The van der Waals surface area contributed by atoms with Crippen LogP contribution in [0.4, 0.5) is 0 Å². The maximum Gasteiger partial charge on any atom is 0.0792 e. The molecule has 0 saturated heterocycles. The monoisotopic (exact) mass is 204 g/mol. The van der Waals surface area contributed by atoms with Crippen molar-refractivity contribution in [3.05, 3.63) is 35.4 Å². The summed E-state index contributed by atoms with van der Waals surface area (Å²) < 4.78 is 0. The first-order valence-corrected chi connectivity index (χ1v) is 5.94. The van der Waals surface area contributed by atoms with Crippen LogP contribution in [0.5, 0.6) is 0 Å². The topological polar surface area (TPSA) is 20.2 Å². The lowest BCUT2D eigenvalue weighted by Crippen LogP contribution is -2.01. The quantitative estimate of drug-likeness (QED) is 0.793. The summed E-state index contributed by atoms with van der Waals surface area (Å²) in [5.41, 5.74) is 2.50. The summed E-state index contributed by atoms with van der Waals surface area (Å²) in [5.74, 6) is 1.35. The van der Waals surface area contributed by atoms with Gasteiger partial charge in [-0.1, -0.05) is 38.1 Å². The van der Waals surface area contributed by atoms with Crippen molar-refractivity contribution in [2.24, 2.45) is 5.92 Å². The third kappa shape index (κ3) is 2.82. The fraction of sp³-hybridized carbons (Fsp3) is 0.571. The second-order valence-corrected chi connectivity index (χ2v) is 5.09. The van der Waals surface area contributed by atoms with Gasteiger partial charge in [-0.25, -0.2) is 0 Å². The molecule has 1 aromatic carbocycles. The van der Waals surface area contributed by atoms with Crippen molar-refractivity contribution in [3.8, 4) is 0 Å². The second-order valence-electron chi connectivity index (χ2n) is 5.09. The standard InChI is InChI=1S/C14H20O/c1-10(2)9-14(15)13-7-5-12(6-8-13)11-3-4-11/h5-8,10-11,14-15H,3-4,9H2,1-2H3. The van der Waals surface area contributed by atoms with E-state index in [0.29, 0.717) is 5.92 Å². The van der Waals surface area contributed by atoms with Gasteiger partial charge in [0.05, 0.1) is 6.10 Å². The molecule has 1 heteroatoms. The molecule has 1 nitrogen and oxygen atoms in total. The first-order chi connectivity index (χ1) is 7.16. The molecule has 0 radical (unpaired) electrons. The second kappa shape index (κ2) is 4.36. The van der Waals surface area contributed by atoms with Crippen LogP contribution >= 0.6 is 0 Å². The fourth-order valence-corrected chi connectivity index (χ4v) is 1.99. The van der Waals surface area contributed by atoms with Crippen LogP contribution in [0.25, 0.3) is 0 Å². The predicted octanol–water partition coefficient (Wildman–Crippen LogP) is 3.64. The van der Waals surface area contributed by atoms with E-state index in [-0.39, 0.29) is 6.10 Å². The van der Waals surface area contributed by atoms with Crippen molar-refractivity contribution >= 4 is 0 Å². The van der Waals surface area contributed by atoms with Crippen LogP contribution in [0.15, 0.2) is 24.3 Å². The summed E-state index contributed by atoms with van der Waals surface area (Å²) in [6.45, 7) is 4.28. The van der Waals surface area contributed by atoms with E-state index in [1.807, 2.05) is 0 Å². The summed E-state index contributed by atoms with van der Waals surface area (Å²) in [6.07, 6.45) is 3.24. The molecule has 1 aliphatic carbocycles. The summed E-state index contributed by atoms with van der Waals surface area (Å²) in [4.78, 5) is 0. The average Bonchev–Trinajstić information content (AvgIpc) is 3.00. The van der Waals surface area contributed by atoms with Crippen molar-refractivity contribution in [2.45, 2.75) is 45.1 Å². The van der Waals surface area contributed by atoms with E-state index in [0.717, 1.165) is 17.9 Å². The molecular formula is C14H20O. The maximum absolute atomic E-state index is 9.94. The van der Waals surface area contributed by atoms with Crippen molar-refractivity contribution in [2.75, 3.05) is 0 Å². The molecule has 0 aromatic heterocycles. The fourth-order valence-electron chi connectivity index (χ4n) is 1.99. The van der Waals surface area contributed by atoms with Crippen LogP contribution in [0.2, 0.25) is 0 Å². The lowest BCUT2D eigenvalue weighted by atomic mass is 9.98. The normalized spacial score (nSPS) is 18.1. The van der Waals surface area contributed by atoms with E-state index in [1.54, 1.807) is 0 Å². The van der Waals surface area contributed by atoms with Gasteiger partial charge < -0.3 is 5.11 Å². The van der Waals surface area contributed by atoms with Gasteiger partial charge in [-0.3, -0.25) is 0 Å². The molecule has 15 heavy (non-hydrogen) atoms.